The van der Waals surface area contributed by atoms with Gasteiger partial charge in [0.1, 0.15) is 0 Å². The highest BCUT2D eigenvalue weighted by atomic mass is 32.2. The summed E-state index contributed by atoms with van der Waals surface area (Å²) in [4.78, 5) is 11.0. The molecule has 0 unspecified atom stereocenters. The molecule has 0 rings (SSSR count). The minimum atomic E-state index is -4.52. The summed E-state index contributed by atoms with van der Waals surface area (Å²) >= 11 is 0. The Morgan fingerprint density at radius 3 is 1.78 bits per heavy atom. The summed E-state index contributed by atoms with van der Waals surface area (Å²) in [7, 11) is -2.05. The molecular formula is C3H7NO4S. The van der Waals surface area contributed by atoms with Crippen LogP contribution in [-0.4, -0.2) is 37.2 Å². The van der Waals surface area contributed by atoms with Crippen molar-refractivity contribution in [1.29, 1.82) is 0 Å². The van der Waals surface area contributed by atoms with Crippen LogP contribution < -0.4 is 0 Å². The topological polar surface area (TPSA) is 74.7 Å². The predicted molar refractivity (Wildman–Crippen MR) is 30.6 cm³/mol. The summed E-state index contributed by atoms with van der Waals surface area (Å²) in [5.74, 6) is 0. The first-order valence-corrected chi connectivity index (χ1v) is 3.48. The van der Waals surface area contributed by atoms with Gasteiger partial charge in [-0.3, -0.25) is 9.35 Å². The van der Waals surface area contributed by atoms with Crippen molar-refractivity contribution in [3.05, 3.63) is 0 Å². The first kappa shape index (κ1) is 8.38. The van der Waals surface area contributed by atoms with E-state index in [9.17, 15) is 13.2 Å². The second-order valence-electron chi connectivity index (χ2n) is 1.64. The lowest BCUT2D eigenvalue weighted by Gasteiger charge is -2.04. The van der Waals surface area contributed by atoms with Gasteiger partial charge in [-0.25, -0.2) is 0 Å². The lowest BCUT2D eigenvalue weighted by Crippen LogP contribution is -2.27. The Morgan fingerprint density at radius 2 is 1.78 bits per heavy atom. The Kier molecular flexibility index (Phi) is 2.16. The summed E-state index contributed by atoms with van der Waals surface area (Å²) in [5.41, 5.74) is 0. The molecule has 0 aliphatic carbocycles. The van der Waals surface area contributed by atoms with Crippen LogP contribution in [0.3, 0.4) is 0 Å². The standard InChI is InChI=1S/C3H7NO4S/c1-4(2)3(5)9(6,7)8/h1-2H3,(H,6,7,8). The molecule has 0 aromatic carbocycles. The number of nitrogens with zero attached hydrogens (tertiary/aromatic N) is 1. The molecule has 6 heteroatoms. The van der Waals surface area contributed by atoms with Gasteiger partial charge in [-0.15, -0.1) is 0 Å². The molecule has 0 aromatic heterocycles. The number of carbonyl (C=O) groups is 1. The Hall–Kier alpha value is -0.620. The quantitative estimate of drug-likeness (QED) is 0.478. The zero-order valence-electron chi connectivity index (χ0n) is 5.03. The Balaban J connectivity index is 4.45. The molecule has 5 nitrogen and oxygen atoms in total. The highest BCUT2D eigenvalue weighted by Crippen LogP contribution is 1.89. The highest BCUT2D eigenvalue weighted by Gasteiger charge is 2.19. The average molecular weight is 153 g/mol. The van der Waals surface area contributed by atoms with Crippen molar-refractivity contribution in [2.45, 2.75) is 0 Å². The number of amides is 1. The molecule has 0 atom stereocenters. The molecule has 0 spiro atoms. The van der Waals surface area contributed by atoms with E-state index < -0.39 is 15.4 Å². The van der Waals surface area contributed by atoms with E-state index in [0.29, 0.717) is 0 Å². The maximum Gasteiger partial charge on any atom is 0.365 e. The van der Waals surface area contributed by atoms with E-state index in [-0.39, 0.29) is 0 Å². The normalized spacial score (nSPS) is 11.0. The van der Waals surface area contributed by atoms with Crippen LogP contribution in [0.25, 0.3) is 0 Å². The fraction of sp³-hybridized carbons (Fsp3) is 0.667. The number of carbonyl (C=O) groups excluding carboxylic acids is 1. The van der Waals surface area contributed by atoms with Crippen LogP contribution >= 0.6 is 0 Å². The van der Waals surface area contributed by atoms with Gasteiger partial charge in [0.2, 0.25) is 0 Å². The minimum Gasteiger partial charge on any atom is -0.334 e. The summed E-state index contributed by atoms with van der Waals surface area (Å²) in [6, 6.07) is 0. The molecule has 0 aromatic rings. The van der Waals surface area contributed by atoms with Crippen LogP contribution in [0.2, 0.25) is 0 Å². The molecule has 0 bridgehead atoms. The molecule has 0 saturated carbocycles. The fourth-order valence-corrected chi connectivity index (χ4v) is 0.692. The maximum atomic E-state index is 10.3. The third kappa shape index (κ3) is 2.43. The molecule has 1 amide bonds. The molecule has 9 heavy (non-hydrogen) atoms. The van der Waals surface area contributed by atoms with Crippen LogP contribution in [0, 0.1) is 0 Å². The van der Waals surface area contributed by atoms with Crippen molar-refractivity contribution >= 4 is 15.4 Å². The molecule has 54 valence electrons. The van der Waals surface area contributed by atoms with Crippen molar-refractivity contribution in [3.8, 4) is 0 Å². The molecule has 0 aliphatic rings. The van der Waals surface area contributed by atoms with E-state index in [4.69, 9.17) is 4.55 Å². The zero-order valence-corrected chi connectivity index (χ0v) is 5.84. The smallest absolute Gasteiger partial charge is 0.334 e. The van der Waals surface area contributed by atoms with Gasteiger partial charge >= 0.3 is 15.4 Å². The van der Waals surface area contributed by atoms with Gasteiger partial charge < -0.3 is 4.90 Å². The molecule has 0 aliphatic heterocycles. The van der Waals surface area contributed by atoms with Gasteiger partial charge in [-0.2, -0.15) is 8.42 Å². The SMILES string of the molecule is CN(C)C(=O)S(=O)(=O)O. The molecule has 0 radical (unpaired) electrons. The monoisotopic (exact) mass is 153 g/mol. The second-order valence-corrected chi connectivity index (χ2v) is 2.93. The van der Waals surface area contributed by atoms with E-state index in [1.54, 1.807) is 0 Å². The van der Waals surface area contributed by atoms with Gasteiger partial charge in [0.15, 0.2) is 0 Å². The first-order valence-electron chi connectivity index (χ1n) is 2.04. The predicted octanol–water partition coefficient (Wildman–Crippen LogP) is -0.444. The lowest BCUT2D eigenvalue weighted by molar-refractivity contribution is 0.235. The van der Waals surface area contributed by atoms with E-state index in [0.717, 1.165) is 4.90 Å². The van der Waals surface area contributed by atoms with Crippen molar-refractivity contribution in [2.75, 3.05) is 14.1 Å². The number of hydrogen-bond acceptors (Lipinski definition) is 3. The highest BCUT2D eigenvalue weighted by molar-refractivity contribution is 8.01. The molecule has 0 heterocycles. The Bertz CT molecular complexity index is 204. The Labute approximate surface area is 53.0 Å². The minimum absolute atomic E-state index is 0.773. The third-order valence-electron chi connectivity index (χ3n) is 0.586. The number of rotatable bonds is 0. The number of hydrogen-bond donors (Lipinski definition) is 1. The van der Waals surface area contributed by atoms with E-state index in [1.165, 1.54) is 14.1 Å². The van der Waals surface area contributed by atoms with Crippen molar-refractivity contribution in [3.63, 3.8) is 0 Å². The van der Waals surface area contributed by atoms with E-state index >= 15 is 0 Å². The third-order valence-corrected chi connectivity index (χ3v) is 1.39. The van der Waals surface area contributed by atoms with Crippen LogP contribution in [-0.2, 0) is 10.1 Å². The van der Waals surface area contributed by atoms with Gasteiger partial charge in [0, 0.05) is 14.1 Å². The molecular weight excluding hydrogens is 146 g/mol. The van der Waals surface area contributed by atoms with Crippen molar-refractivity contribution < 1.29 is 17.8 Å². The summed E-state index contributed by atoms with van der Waals surface area (Å²) < 4.78 is 27.9. The van der Waals surface area contributed by atoms with Gasteiger partial charge in [-0.05, 0) is 0 Å². The Morgan fingerprint density at radius 1 is 1.44 bits per heavy atom. The van der Waals surface area contributed by atoms with E-state index in [1.807, 2.05) is 0 Å². The molecule has 1 N–H and O–H groups in total. The van der Waals surface area contributed by atoms with Gasteiger partial charge in [0.25, 0.3) is 0 Å². The van der Waals surface area contributed by atoms with Crippen LogP contribution in [0.15, 0.2) is 0 Å². The summed E-state index contributed by atoms with van der Waals surface area (Å²) in [5, 5.41) is -1.30. The van der Waals surface area contributed by atoms with Gasteiger partial charge in [0.05, 0.1) is 0 Å². The maximum absolute atomic E-state index is 10.3. The van der Waals surface area contributed by atoms with Crippen molar-refractivity contribution in [1.82, 2.24) is 4.90 Å². The van der Waals surface area contributed by atoms with Crippen LogP contribution in [0.1, 0.15) is 0 Å². The molecule has 0 fully saturated rings. The molecule has 0 saturated heterocycles. The summed E-state index contributed by atoms with van der Waals surface area (Å²) in [6.45, 7) is 0. The second kappa shape index (κ2) is 2.32. The largest absolute Gasteiger partial charge is 0.365 e. The van der Waals surface area contributed by atoms with Crippen LogP contribution in [0.4, 0.5) is 4.79 Å². The summed E-state index contributed by atoms with van der Waals surface area (Å²) in [6.07, 6.45) is 0. The zero-order chi connectivity index (χ0) is 7.65. The average Bonchev–Trinajstić information content (AvgIpc) is 1.62. The van der Waals surface area contributed by atoms with Gasteiger partial charge in [-0.1, -0.05) is 0 Å². The first-order chi connectivity index (χ1) is 3.85. The van der Waals surface area contributed by atoms with Crippen molar-refractivity contribution in [2.24, 2.45) is 0 Å². The van der Waals surface area contributed by atoms with Crippen LogP contribution in [0.5, 0.6) is 0 Å². The lowest BCUT2D eigenvalue weighted by atomic mass is 11.0. The fourth-order valence-electron chi connectivity index (χ4n) is 0.231. The van der Waals surface area contributed by atoms with E-state index in [2.05, 4.69) is 0 Å².